The highest BCUT2D eigenvalue weighted by Crippen LogP contribution is 2.39. The lowest BCUT2D eigenvalue weighted by atomic mass is 10.1. The summed E-state index contributed by atoms with van der Waals surface area (Å²) in [6.45, 7) is 1.17. The lowest BCUT2D eigenvalue weighted by Gasteiger charge is -2.36. The second kappa shape index (κ2) is 6.56. The molecule has 0 aromatic carbocycles. The van der Waals surface area contributed by atoms with Crippen molar-refractivity contribution in [2.24, 2.45) is 7.05 Å². The Bertz CT molecular complexity index is 652. The lowest BCUT2D eigenvalue weighted by molar-refractivity contribution is -0.143. The minimum Gasteiger partial charge on any atom is -0.274 e. The highest BCUT2D eigenvalue weighted by Gasteiger charge is 2.51. The summed E-state index contributed by atoms with van der Waals surface area (Å²) in [6, 6.07) is 0. The Kier molecular flexibility index (Phi) is 5.75. The molecule has 0 aliphatic carbocycles. The quantitative estimate of drug-likeness (QED) is 0.598. The van der Waals surface area contributed by atoms with Gasteiger partial charge in [-0.3, -0.25) is 9.58 Å². The molecule has 1 unspecified atom stereocenters. The monoisotopic (exact) mass is 379 g/mol. The van der Waals surface area contributed by atoms with E-state index in [0.717, 1.165) is 30.0 Å². The highest BCUT2D eigenvalue weighted by molar-refractivity contribution is 7.92. The Morgan fingerprint density at radius 2 is 1.65 bits per heavy atom. The molecule has 2 heterocycles. The minimum atomic E-state index is -4.97. The van der Waals surface area contributed by atoms with E-state index in [0.29, 0.717) is 19.0 Å². The first-order chi connectivity index (χ1) is 9.98. The van der Waals surface area contributed by atoms with Crippen LogP contribution in [-0.2, 0) is 23.1 Å². The molecule has 1 fully saturated rings. The number of halogens is 5. The molecule has 1 aromatic heterocycles. The van der Waals surface area contributed by atoms with Crippen LogP contribution in [0.2, 0.25) is 0 Å². The van der Waals surface area contributed by atoms with Crippen molar-refractivity contribution in [1.82, 2.24) is 14.7 Å². The van der Waals surface area contributed by atoms with E-state index in [-0.39, 0.29) is 25.5 Å². The topological polar surface area (TPSA) is 55.2 Å². The zero-order chi connectivity index (χ0) is 16.8. The van der Waals surface area contributed by atoms with Gasteiger partial charge in [0, 0.05) is 26.3 Å². The van der Waals surface area contributed by atoms with E-state index in [1.165, 1.54) is 0 Å². The molecule has 1 aliphatic rings. The Morgan fingerprint density at radius 1 is 1.13 bits per heavy atom. The molecule has 1 atom stereocenters. The maximum atomic E-state index is 15.0. The largest absolute Gasteiger partial charge is 0.436 e. The van der Waals surface area contributed by atoms with E-state index in [2.05, 4.69) is 5.10 Å². The van der Waals surface area contributed by atoms with E-state index >= 15 is 0 Å². The predicted octanol–water partition coefficient (Wildman–Crippen LogP) is 2.76. The Labute approximate surface area is 138 Å². The summed E-state index contributed by atoms with van der Waals surface area (Å²) < 4.78 is 79.4. The second-order valence-electron chi connectivity index (χ2n) is 5.43. The SMILES string of the molecule is Cl.Cn1cc(S(=O)(=O)C(C)(F)N2CCCCC2)c(C(F)(F)F)n1. The van der Waals surface area contributed by atoms with Gasteiger partial charge in [-0.1, -0.05) is 6.42 Å². The highest BCUT2D eigenvalue weighted by atomic mass is 35.5. The molecule has 1 aromatic rings. The first-order valence-corrected chi connectivity index (χ1v) is 8.25. The summed E-state index contributed by atoms with van der Waals surface area (Å²) in [6.07, 6.45) is -2.22. The zero-order valence-electron chi connectivity index (χ0n) is 12.6. The number of nitrogens with zero attached hydrogens (tertiary/aromatic N) is 3. The normalized spacial score (nSPS) is 19.9. The van der Waals surface area contributed by atoms with Gasteiger partial charge in [-0.05, 0) is 19.8 Å². The standard InChI is InChI=1S/C12H17F4N3O2S.ClH/c1-11(13,19-6-4-3-5-7-19)22(20,21)9-8-18(2)17-10(9)12(14,15)16;/h8H,3-7H2,1-2H3;1H. The maximum Gasteiger partial charge on any atom is 0.436 e. The van der Waals surface area contributed by atoms with Crippen LogP contribution in [0.15, 0.2) is 11.1 Å². The van der Waals surface area contributed by atoms with E-state index in [1.54, 1.807) is 0 Å². The fourth-order valence-electron chi connectivity index (χ4n) is 2.52. The van der Waals surface area contributed by atoms with Gasteiger partial charge in [0.05, 0.1) is 0 Å². The van der Waals surface area contributed by atoms with Crippen LogP contribution in [0.4, 0.5) is 17.6 Å². The van der Waals surface area contributed by atoms with Crippen LogP contribution in [0.25, 0.3) is 0 Å². The van der Waals surface area contributed by atoms with Crippen molar-refractivity contribution in [2.45, 2.75) is 42.4 Å². The molecule has 134 valence electrons. The fraction of sp³-hybridized carbons (Fsp3) is 0.750. The molecule has 0 bridgehead atoms. The number of hydrogen-bond donors (Lipinski definition) is 0. The summed E-state index contributed by atoms with van der Waals surface area (Å²) in [4.78, 5) is -0.0583. The van der Waals surface area contributed by atoms with Gasteiger partial charge < -0.3 is 0 Å². The van der Waals surface area contributed by atoms with Crippen LogP contribution < -0.4 is 0 Å². The van der Waals surface area contributed by atoms with E-state index in [4.69, 9.17) is 0 Å². The van der Waals surface area contributed by atoms with Crippen molar-refractivity contribution >= 4 is 22.2 Å². The van der Waals surface area contributed by atoms with Crippen LogP contribution in [0, 0.1) is 0 Å². The van der Waals surface area contributed by atoms with Crippen LogP contribution in [0.5, 0.6) is 0 Å². The molecule has 1 aliphatic heterocycles. The fourth-order valence-corrected chi connectivity index (χ4v) is 4.15. The van der Waals surface area contributed by atoms with Crippen molar-refractivity contribution < 1.29 is 26.0 Å². The average molecular weight is 380 g/mol. The Balaban J connectivity index is 0.00000264. The second-order valence-corrected chi connectivity index (χ2v) is 7.63. The molecule has 0 spiro atoms. The molecule has 0 amide bonds. The van der Waals surface area contributed by atoms with Crippen LogP contribution in [0.3, 0.4) is 0 Å². The van der Waals surface area contributed by atoms with Gasteiger partial charge in [0.1, 0.15) is 4.90 Å². The average Bonchev–Trinajstić information content (AvgIpc) is 2.82. The lowest BCUT2D eigenvalue weighted by Crippen LogP contribution is -2.51. The molecule has 23 heavy (non-hydrogen) atoms. The molecule has 2 rings (SSSR count). The van der Waals surface area contributed by atoms with Crippen molar-refractivity contribution in [3.8, 4) is 0 Å². The van der Waals surface area contributed by atoms with Crippen LogP contribution >= 0.6 is 12.4 Å². The van der Waals surface area contributed by atoms with Gasteiger partial charge in [0.25, 0.3) is 5.12 Å². The summed E-state index contributed by atoms with van der Waals surface area (Å²) in [5.74, 6) is 0. The van der Waals surface area contributed by atoms with Crippen LogP contribution in [0.1, 0.15) is 31.9 Å². The number of likely N-dealkylation sites (tertiary alicyclic amines) is 1. The molecular weight excluding hydrogens is 362 g/mol. The minimum absolute atomic E-state index is 0. The number of sulfone groups is 1. The first-order valence-electron chi connectivity index (χ1n) is 6.77. The summed E-state index contributed by atoms with van der Waals surface area (Å²) in [7, 11) is -3.72. The van der Waals surface area contributed by atoms with E-state index in [1.807, 2.05) is 0 Å². The third kappa shape index (κ3) is 3.63. The van der Waals surface area contributed by atoms with Crippen molar-refractivity contribution in [3.63, 3.8) is 0 Å². The summed E-state index contributed by atoms with van der Waals surface area (Å²) >= 11 is 0. The van der Waals surface area contributed by atoms with Gasteiger partial charge in [-0.25, -0.2) is 12.8 Å². The number of alkyl halides is 4. The smallest absolute Gasteiger partial charge is 0.274 e. The van der Waals surface area contributed by atoms with E-state index < -0.39 is 31.7 Å². The van der Waals surface area contributed by atoms with Gasteiger partial charge in [-0.15, -0.1) is 12.4 Å². The molecule has 1 saturated heterocycles. The molecule has 0 N–H and O–H groups in total. The summed E-state index contributed by atoms with van der Waals surface area (Å²) in [5, 5.41) is 0.228. The number of aromatic nitrogens is 2. The third-order valence-corrected chi connectivity index (χ3v) is 5.88. The van der Waals surface area contributed by atoms with Gasteiger partial charge >= 0.3 is 6.18 Å². The van der Waals surface area contributed by atoms with Crippen molar-refractivity contribution in [2.75, 3.05) is 13.1 Å². The van der Waals surface area contributed by atoms with Crippen molar-refractivity contribution in [1.29, 1.82) is 0 Å². The van der Waals surface area contributed by atoms with Gasteiger partial charge in [0.15, 0.2) is 5.69 Å². The molecule has 5 nitrogen and oxygen atoms in total. The number of hydrogen-bond acceptors (Lipinski definition) is 4. The van der Waals surface area contributed by atoms with Gasteiger partial charge in [0.2, 0.25) is 9.84 Å². The van der Waals surface area contributed by atoms with Gasteiger partial charge in [-0.2, -0.15) is 18.3 Å². The molecule has 0 radical (unpaired) electrons. The summed E-state index contributed by atoms with van der Waals surface area (Å²) in [5.41, 5.74) is -1.59. The van der Waals surface area contributed by atoms with Crippen LogP contribution in [-0.4, -0.2) is 41.3 Å². The third-order valence-electron chi connectivity index (χ3n) is 3.76. The maximum absolute atomic E-state index is 15.0. The van der Waals surface area contributed by atoms with E-state index in [9.17, 15) is 26.0 Å². The Hall–Kier alpha value is -0.870. The molecular formula is C12H18ClF4N3O2S. The number of piperidine rings is 1. The molecule has 0 saturated carbocycles. The number of aryl methyl sites for hydroxylation is 1. The van der Waals surface area contributed by atoms with Crippen molar-refractivity contribution in [3.05, 3.63) is 11.9 Å². The first kappa shape index (κ1) is 20.2. The zero-order valence-corrected chi connectivity index (χ0v) is 14.2. The Morgan fingerprint density at radius 3 is 2.13 bits per heavy atom. The molecule has 11 heteroatoms. The predicted molar refractivity (Wildman–Crippen MR) is 77.6 cm³/mol. The number of rotatable bonds is 3.